The minimum Gasteiger partial charge on any atom is -0.248 e. The van der Waals surface area contributed by atoms with E-state index in [1.54, 1.807) is 12.1 Å². The fraction of sp³-hybridized carbons (Fsp3) is 0.211. The van der Waals surface area contributed by atoms with Crippen molar-refractivity contribution in [3.05, 3.63) is 66.0 Å². The molecule has 3 rings (SSSR count). The Morgan fingerprint density at radius 1 is 1.00 bits per heavy atom. The number of halogens is 1. The number of para-hydroxylation sites is 1. The predicted molar refractivity (Wildman–Crippen MR) is 85.7 cm³/mol. The highest BCUT2D eigenvalue weighted by atomic mass is 19.1. The van der Waals surface area contributed by atoms with Crippen LogP contribution in [0.1, 0.15) is 25.3 Å². The summed E-state index contributed by atoms with van der Waals surface area (Å²) in [5, 5.41) is 1.17. The Morgan fingerprint density at radius 2 is 1.76 bits per heavy atom. The third-order valence-electron chi connectivity index (χ3n) is 3.75. The van der Waals surface area contributed by atoms with Crippen LogP contribution in [0.25, 0.3) is 22.2 Å². The van der Waals surface area contributed by atoms with E-state index in [1.165, 1.54) is 17.0 Å². The Labute approximate surface area is 124 Å². The highest BCUT2D eigenvalue weighted by Gasteiger charge is 2.10. The first-order chi connectivity index (χ1) is 10.3. The van der Waals surface area contributed by atoms with Crippen molar-refractivity contribution in [1.82, 2.24) is 4.98 Å². The molecule has 0 N–H and O–H groups in total. The van der Waals surface area contributed by atoms with Crippen molar-refractivity contribution in [3.63, 3.8) is 0 Å². The number of hydrogen-bond donors (Lipinski definition) is 0. The Bertz CT molecular complexity index is 764. The van der Waals surface area contributed by atoms with E-state index in [0.29, 0.717) is 5.56 Å². The molecule has 1 aromatic heterocycles. The molecule has 1 nitrogen and oxygen atoms in total. The van der Waals surface area contributed by atoms with Gasteiger partial charge >= 0.3 is 0 Å². The Morgan fingerprint density at radius 3 is 2.57 bits per heavy atom. The number of nitrogens with zero attached hydrogens (tertiary/aromatic N) is 1. The van der Waals surface area contributed by atoms with Crippen molar-refractivity contribution in [1.29, 1.82) is 0 Å². The number of aromatic nitrogens is 1. The monoisotopic (exact) mass is 279 g/mol. The van der Waals surface area contributed by atoms with Gasteiger partial charge in [0.05, 0.1) is 11.2 Å². The molecule has 21 heavy (non-hydrogen) atoms. The highest BCUT2D eigenvalue weighted by Crippen LogP contribution is 2.27. The van der Waals surface area contributed by atoms with E-state index >= 15 is 0 Å². The third-order valence-corrected chi connectivity index (χ3v) is 3.75. The van der Waals surface area contributed by atoms with Gasteiger partial charge < -0.3 is 0 Å². The molecule has 0 atom stereocenters. The van der Waals surface area contributed by atoms with Gasteiger partial charge in [-0.15, -0.1) is 0 Å². The fourth-order valence-corrected chi connectivity index (χ4v) is 2.63. The van der Waals surface area contributed by atoms with E-state index in [4.69, 9.17) is 0 Å². The molecule has 3 aromatic rings. The summed E-state index contributed by atoms with van der Waals surface area (Å²) < 4.78 is 14.0. The molecule has 2 heteroatoms. The Hall–Kier alpha value is -2.22. The average molecular weight is 279 g/mol. The molecule has 0 bridgehead atoms. The van der Waals surface area contributed by atoms with Crippen LogP contribution in [-0.2, 0) is 6.42 Å². The molecule has 0 amide bonds. The summed E-state index contributed by atoms with van der Waals surface area (Å²) in [7, 11) is 0. The molecule has 0 saturated carbocycles. The second kappa shape index (κ2) is 6.04. The third kappa shape index (κ3) is 2.80. The first-order valence-corrected chi connectivity index (χ1v) is 7.43. The summed E-state index contributed by atoms with van der Waals surface area (Å²) in [5.41, 5.74) is 3.48. The summed E-state index contributed by atoms with van der Waals surface area (Å²) in [6.07, 6.45) is 3.28. The summed E-state index contributed by atoms with van der Waals surface area (Å²) in [6, 6.07) is 17.0. The molecule has 0 radical (unpaired) electrons. The average Bonchev–Trinajstić information content (AvgIpc) is 2.53. The van der Waals surface area contributed by atoms with Gasteiger partial charge in [0.1, 0.15) is 5.82 Å². The van der Waals surface area contributed by atoms with Gasteiger partial charge in [-0.05, 0) is 42.7 Å². The zero-order valence-corrected chi connectivity index (χ0v) is 12.1. The highest BCUT2D eigenvalue weighted by molar-refractivity contribution is 5.85. The molecule has 0 spiro atoms. The lowest BCUT2D eigenvalue weighted by atomic mass is 10.00. The number of pyridine rings is 1. The smallest absolute Gasteiger partial charge is 0.132 e. The van der Waals surface area contributed by atoms with E-state index < -0.39 is 0 Å². The SMILES string of the molecule is CCCCc1cc(-c2ccccc2F)nc2ccccc12. The van der Waals surface area contributed by atoms with Gasteiger partial charge in [0.15, 0.2) is 0 Å². The first kappa shape index (κ1) is 13.7. The largest absolute Gasteiger partial charge is 0.248 e. The van der Waals surface area contributed by atoms with Crippen LogP contribution in [-0.4, -0.2) is 4.98 Å². The maximum atomic E-state index is 14.0. The van der Waals surface area contributed by atoms with E-state index in [0.717, 1.165) is 30.5 Å². The van der Waals surface area contributed by atoms with Crippen molar-refractivity contribution < 1.29 is 4.39 Å². The van der Waals surface area contributed by atoms with Gasteiger partial charge in [-0.25, -0.2) is 9.37 Å². The van der Waals surface area contributed by atoms with Crippen LogP contribution in [0.4, 0.5) is 4.39 Å². The molecule has 0 aliphatic carbocycles. The lowest BCUT2D eigenvalue weighted by Gasteiger charge is -2.10. The number of benzene rings is 2. The number of fused-ring (bicyclic) bond motifs is 1. The number of hydrogen-bond acceptors (Lipinski definition) is 1. The Kier molecular flexibility index (Phi) is 3.96. The summed E-state index contributed by atoms with van der Waals surface area (Å²) in [6.45, 7) is 2.18. The van der Waals surface area contributed by atoms with E-state index in [2.05, 4.69) is 18.0 Å². The molecule has 2 aromatic carbocycles. The van der Waals surface area contributed by atoms with E-state index in [1.807, 2.05) is 30.3 Å². The Balaban J connectivity index is 2.18. The molecule has 0 aliphatic heterocycles. The van der Waals surface area contributed by atoms with E-state index in [9.17, 15) is 4.39 Å². The van der Waals surface area contributed by atoms with Crippen LogP contribution in [0.3, 0.4) is 0 Å². The molecule has 0 unspecified atom stereocenters. The topological polar surface area (TPSA) is 12.9 Å². The first-order valence-electron chi connectivity index (χ1n) is 7.43. The molecule has 0 saturated heterocycles. The maximum absolute atomic E-state index is 14.0. The second-order valence-corrected chi connectivity index (χ2v) is 5.27. The van der Waals surface area contributed by atoms with Crippen LogP contribution in [0, 0.1) is 5.82 Å². The zero-order chi connectivity index (χ0) is 14.7. The van der Waals surface area contributed by atoms with Crippen LogP contribution < -0.4 is 0 Å². The fourth-order valence-electron chi connectivity index (χ4n) is 2.63. The van der Waals surface area contributed by atoms with Gasteiger partial charge in [-0.1, -0.05) is 43.7 Å². The summed E-state index contributed by atoms with van der Waals surface area (Å²) >= 11 is 0. The summed E-state index contributed by atoms with van der Waals surface area (Å²) in [5.74, 6) is -0.221. The van der Waals surface area contributed by atoms with Crippen LogP contribution >= 0.6 is 0 Å². The number of rotatable bonds is 4. The van der Waals surface area contributed by atoms with Gasteiger partial charge in [-0.2, -0.15) is 0 Å². The summed E-state index contributed by atoms with van der Waals surface area (Å²) in [4.78, 5) is 4.64. The minimum atomic E-state index is -0.221. The predicted octanol–water partition coefficient (Wildman–Crippen LogP) is 5.38. The van der Waals surface area contributed by atoms with Gasteiger partial charge in [-0.3, -0.25) is 0 Å². The standard InChI is InChI=1S/C19H18FN/c1-2-3-8-14-13-19(16-10-4-6-11-17(16)20)21-18-12-7-5-9-15(14)18/h4-7,9-13H,2-3,8H2,1H3. The molecule has 0 fully saturated rings. The molecular formula is C19H18FN. The normalized spacial score (nSPS) is 11.0. The number of unbranched alkanes of at least 4 members (excludes halogenated alkanes) is 1. The lowest BCUT2D eigenvalue weighted by Crippen LogP contribution is -1.94. The zero-order valence-electron chi connectivity index (χ0n) is 12.1. The van der Waals surface area contributed by atoms with E-state index in [-0.39, 0.29) is 5.82 Å². The van der Waals surface area contributed by atoms with Crippen LogP contribution in [0.5, 0.6) is 0 Å². The van der Waals surface area contributed by atoms with Crippen LogP contribution in [0.2, 0.25) is 0 Å². The molecule has 106 valence electrons. The molecule has 0 aliphatic rings. The molecule has 1 heterocycles. The number of aryl methyl sites for hydroxylation is 1. The van der Waals surface area contributed by atoms with Crippen molar-refractivity contribution in [2.24, 2.45) is 0 Å². The maximum Gasteiger partial charge on any atom is 0.132 e. The minimum absolute atomic E-state index is 0.221. The van der Waals surface area contributed by atoms with Gasteiger partial charge in [0.25, 0.3) is 0 Å². The lowest BCUT2D eigenvalue weighted by molar-refractivity contribution is 0.631. The van der Waals surface area contributed by atoms with Gasteiger partial charge in [0, 0.05) is 10.9 Å². The van der Waals surface area contributed by atoms with Crippen molar-refractivity contribution in [3.8, 4) is 11.3 Å². The molecular weight excluding hydrogens is 261 g/mol. The van der Waals surface area contributed by atoms with Crippen molar-refractivity contribution >= 4 is 10.9 Å². The van der Waals surface area contributed by atoms with Gasteiger partial charge in [0.2, 0.25) is 0 Å². The van der Waals surface area contributed by atoms with Crippen molar-refractivity contribution in [2.75, 3.05) is 0 Å². The second-order valence-electron chi connectivity index (χ2n) is 5.27. The quantitative estimate of drug-likeness (QED) is 0.624. The van der Waals surface area contributed by atoms with Crippen LogP contribution in [0.15, 0.2) is 54.6 Å². The van der Waals surface area contributed by atoms with Crippen molar-refractivity contribution in [2.45, 2.75) is 26.2 Å².